The number of halogens is 1. The highest BCUT2D eigenvalue weighted by molar-refractivity contribution is 9.10. The highest BCUT2D eigenvalue weighted by atomic mass is 79.9. The van der Waals surface area contributed by atoms with Crippen molar-refractivity contribution in [1.82, 2.24) is 5.32 Å². The number of ether oxygens (including phenoxy) is 1. The van der Waals surface area contributed by atoms with Gasteiger partial charge in [-0.05, 0) is 28.9 Å². The van der Waals surface area contributed by atoms with Crippen LogP contribution >= 0.6 is 27.3 Å². The van der Waals surface area contributed by atoms with E-state index in [1.165, 1.54) is 0 Å². The molecule has 1 heterocycles. The first-order chi connectivity index (χ1) is 6.22. The molecule has 1 rings (SSSR count). The van der Waals surface area contributed by atoms with Crippen LogP contribution in [0.3, 0.4) is 0 Å². The number of carbonyl (C=O) groups excluding carboxylic acids is 1. The second-order valence-electron chi connectivity index (χ2n) is 2.31. The second-order valence-corrected chi connectivity index (χ2v) is 4.22. The quantitative estimate of drug-likeness (QED) is 0.911. The molecule has 0 bridgehead atoms. The molecule has 5 heteroatoms. The predicted octanol–water partition coefficient (Wildman–Crippen LogP) is 2.76. The van der Waals surface area contributed by atoms with Crippen LogP contribution in [0.25, 0.3) is 0 Å². The van der Waals surface area contributed by atoms with Gasteiger partial charge in [0.25, 0.3) is 0 Å². The van der Waals surface area contributed by atoms with Crippen LogP contribution in [0.5, 0.6) is 0 Å². The van der Waals surface area contributed by atoms with Crippen molar-refractivity contribution in [3.63, 3.8) is 0 Å². The lowest BCUT2D eigenvalue weighted by Gasteiger charge is -2.02. The minimum absolute atomic E-state index is 0.368. The smallest absolute Gasteiger partial charge is 0.407 e. The van der Waals surface area contributed by atoms with E-state index in [1.54, 1.807) is 18.3 Å². The summed E-state index contributed by atoms with van der Waals surface area (Å²) >= 11 is 4.93. The molecular formula is C8H10BrNO2S. The van der Waals surface area contributed by atoms with Gasteiger partial charge in [-0.15, -0.1) is 11.3 Å². The van der Waals surface area contributed by atoms with E-state index in [-0.39, 0.29) is 6.09 Å². The lowest BCUT2D eigenvalue weighted by atomic mass is 10.5. The first-order valence-corrected chi connectivity index (χ1v) is 5.53. The summed E-state index contributed by atoms with van der Waals surface area (Å²) in [5, 5.41) is 4.62. The fourth-order valence-electron chi connectivity index (χ4n) is 0.788. The van der Waals surface area contributed by atoms with Crippen LogP contribution in [-0.2, 0) is 11.3 Å². The first kappa shape index (κ1) is 10.5. The molecule has 0 spiro atoms. The fourth-order valence-corrected chi connectivity index (χ4v) is 2.18. The van der Waals surface area contributed by atoms with Crippen LogP contribution in [0.1, 0.15) is 11.8 Å². The molecule has 0 aliphatic heterocycles. The van der Waals surface area contributed by atoms with Gasteiger partial charge < -0.3 is 10.1 Å². The maximum atomic E-state index is 10.9. The van der Waals surface area contributed by atoms with Crippen LogP contribution in [0, 0.1) is 0 Å². The van der Waals surface area contributed by atoms with Crippen molar-refractivity contribution >= 4 is 33.4 Å². The fraction of sp³-hybridized carbons (Fsp3) is 0.375. The van der Waals surface area contributed by atoms with E-state index < -0.39 is 0 Å². The summed E-state index contributed by atoms with van der Waals surface area (Å²) in [6.07, 6.45) is -0.368. The number of hydrogen-bond acceptors (Lipinski definition) is 3. The molecule has 0 aliphatic carbocycles. The van der Waals surface area contributed by atoms with Crippen LogP contribution in [0.15, 0.2) is 15.9 Å². The molecule has 72 valence electrons. The van der Waals surface area contributed by atoms with E-state index in [0.29, 0.717) is 13.2 Å². The monoisotopic (exact) mass is 263 g/mol. The molecule has 3 nitrogen and oxygen atoms in total. The molecule has 0 aliphatic rings. The summed E-state index contributed by atoms with van der Waals surface area (Å²) in [4.78, 5) is 12.0. The number of alkyl carbamates (subject to hydrolysis) is 1. The van der Waals surface area contributed by atoms with Gasteiger partial charge in [-0.1, -0.05) is 0 Å². The molecule has 1 N–H and O–H groups in total. The van der Waals surface area contributed by atoms with Gasteiger partial charge in [0.2, 0.25) is 0 Å². The molecule has 1 aromatic rings. The highest BCUT2D eigenvalue weighted by Gasteiger charge is 2.01. The van der Waals surface area contributed by atoms with Crippen molar-refractivity contribution in [2.75, 3.05) is 6.61 Å². The Balaban J connectivity index is 2.30. The summed E-state index contributed by atoms with van der Waals surface area (Å²) in [5.41, 5.74) is 0. The third-order valence-electron chi connectivity index (χ3n) is 1.30. The van der Waals surface area contributed by atoms with Gasteiger partial charge in [-0.25, -0.2) is 4.79 Å². The van der Waals surface area contributed by atoms with E-state index in [1.807, 2.05) is 11.4 Å². The summed E-state index contributed by atoms with van der Waals surface area (Å²) in [7, 11) is 0. The maximum absolute atomic E-state index is 10.9. The highest BCUT2D eigenvalue weighted by Crippen LogP contribution is 2.19. The summed E-state index contributed by atoms with van der Waals surface area (Å²) in [6, 6.07) is 1.97. The van der Waals surface area contributed by atoms with Gasteiger partial charge in [-0.3, -0.25) is 0 Å². The number of thiophene rings is 1. The molecule has 0 saturated carbocycles. The molecule has 0 radical (unpaired) electrons. The standard InChI is InChI=1S/C8H10BrNO2S/c1-2-12-8(11)10-4-7-3-6(9)5-13-7/h3,5H,2,4H2,1H3,(H,10,11). The largest absolute Gasteiger partial charge is 0.450 e. The first-order valence-electron chi connectivity index (χ1n) is 3.86. The van der Waals surface area contributed by atoms with Gasteiger partial charge in [0.15, 0.2) is 0 Å². The lowest BCUT2D eigenvalue weighted by molar-refractivity contribution is 0.152. The minimum atomic E-state index is -0.368. The zero-order valence-electron chi connectivity index (χ0n) is 7.17. The van der Waals surface area contributed by atoms with E-state index in [9.17, 15) is 4.79 Å². The van der Waals surface area contributed by atoms with Crippen molar-refractivity contribution in [3.05, 3.63) is 20.8 Å². The van der Waals surface area contributed by atoms with E-state index in [0.717, 1.165) is 9.35 Å². The van der Waals surface area contributed by atoms with Crippen molar-refractivity contribution in [1.29, 1.82) is 0 Å². The lowest BCUT2D eigenvalue weighted by Crippen LogP contribution is -2.23. The molecule has 1 amide bonds. The van der Waals surface area contributed by atoms with Crippen molar-refractivity contribution in [3.8, 4) is 0 Å². The summed E-state index contributed by atoms with van der Waals surface area (Å²) in [6.45, 7) is 2.70. The summed E-state index contributed by atoms with van der Waals surface area (Å²) < 4.78 is 5.75. The second kappa shape index (κ2) is 5.24. The van der Waals surface area contributed by atoms with Gasteiger partial charge in [-0.2, -0.15) is 0 Å². The zero-order chi connectivity index (χ0) is 9.68. The third kappa shape index (κ3) is 3.78. The van der Waals surface area contributed by atoms with Crippen LogP contribution in [0.4, 0.5) is 4.79 Å². The zero-order valence-corrected chi connectivity index (χ0v) is 9.57. The van der Waals surface area contributed by atoms with Crippen molar-refractivity contribution in [2.45, 2.75) is 13.5 Å². The maximum Gasteiger partial charge on any atom is 0.407 e. The predicted molar refractivity (Wildman–Crippen MR) is 55.9 cm³/mol. The number of amides is 1. The Kier molecular flexibility index (Phi) is 4.24. The Morgan fingerprint density at radius 3 is 3.08 bits per heavy atom. The molecule has 1 aromatic heterocycles. The van der Waals surface area contributed by atoms with Gasteiger partial charge in [0.05, 0.1) is 13.2 Å². The van der Waals surface area contributed by atoms with Gasteiger partial charge >= 0.3 is 6.09 Å². The Morgan fingerprint density at radius 1 is 1.77 bits per heavy atom. The number of rotatable bonds is 3. The van der Waals surface area contributed by atoms with E-state index >= 15 is 0 Å². The third-order valence-corrected chi connectivity index (χ3v) is 3.00. The van der Waals surface area contributed by atoms with Crippen LogP contribution in [0.2, 0.25) is 0 Å². The van der Waals surface area contributed by atoms with E-state index in [2.05, 4.69) is 21.2 Å². The van der Waals surface area contributed by atoms with Crippen LogP contribution in [-0.4, -0.2) is 12.7 Å². The van der Waals surface area contributed by atoms with Crippen LogP contribution < -0.4 is 5.32 Å². The van der Waals surface area contributed by atoms with Gasteiger partial charge in [0.1, 0.15) is 0 Å². The number of carbonyl (C=O) groups is 1. The Hall–Kier alpha value is -0.550. The van der Waals surface area contributed by atoms with Gasteiger partial charge in [0, 0.05) is 14.7 Å². The number of nitrogens with one attached hydrogen (secondary N) is 1. The average Bonchev–Trinajstić information content (AvgIpc) is 2.49. The Bertz CT molecular complexity index is 287. The average molecular weight is 264 g/mol. The molecule has 13 heavy (non-hydrogen) atoms. The molecule has 0 atom stereocenters. The summed E-state index contributed by atoms with van der Waals surface area (Å²) in [5.74, 6) is 0. The normalized spacial score (nSPS) is 9.69. The molecular weight excluding hydrogens is 254 g/mol. The SMILES string of the molecule is CCOC(=O)NCc1cc(Br)cs1. The minimum Gasteiger partial charge on any atom is -0.450 e. The van der Waals surface area contributed by atoms with Crippen molar-refractivity contribution in [2.24, 2.45) is 0 Å². The van der Waals surface area contributed by atoms with Crippen molar-refractivity contribution < 1.29 is 9.53 Å². The Labute approximate surface area is 89.2 Å². The molecule has 0 unspecified atom stereocenters. The topological polar surface area (TPSA) is 38.3 Å². The Morgan fingerprint density at radius 2 is 2.54 bits per heavy atom. The molecule has 0 fully saturated rings. The van der Waals surface area contributed by atoms with E-state index in [4.69, 9.17) is 4.74 Å². The molecule has 0 aromatic carbocycles. The molecule has 0 saturated heterocycles. The number of hydrogen-bond donors (Lipinski definition) is 1.